The maximum absolute atomic E-state index is 5.93. The van der Waals surface area contributed by atoms with Crippen molar-refractivity contribution in [2.45, 2.75) is 38.1 Å². The van der Waals surface area contributed by atoms with Crippen molar-refractivity contribution in [1.29, 1.82) is 0 Å². The Morgan fingerprint density at radius 3 is 2.60 bits per heavy atom. The van der Waals surface area contributed by atoms with E-state index in [4.69, 9.17) is 11.6 Å². The van der Waals surface area contributed by atoms with E-state index in [0.29, 0.717) is 6.04 Å². The molecule has 1 aromatic rings. The van der Waals surface area contributed by atoms with Gasteiger partial charge in [-0.05, 0) is 53.6 Å². The summed E-state index contributed by atoms with van der Waals surface area (Å²) in [6.07, 6.45) is 6.73. The number of benzene rings is 1. The molecule has 1 aromatic carbocycles. The molecule has 1 nitrogen and oxygen atoms in total. The highest BCUT2D eigenvalue weighted by Crippen LogP contribution is 2.26. The normalized spacial score (nSPS) is 17.7. The Balaban J connectivity index is 2.03. The summed E-state index contributed by atoms with van der Waals surface area (Å²) in [7, 11) is 0. The fourth-order valence-electron chi connectivity index (χ4n) is 2.07. The first-order valence-electron chi connectivity index (χ1n) is 5.47. The smallest absolute Gasteiger partial charge is 0.0479 e. The van der Waals surface area contributed by atoms with Gasteiger partial charge in [-0.3, -0.25) is 0 Å². The molecule has 0 amide bonds. The molecule has 1 aliphatic carbocycles. The summed E-state index contributed by atoms with van der Waals surface area (Å²) < 4.78 is 1.21. The van der Waals surface area contributed by atoms with Gasteiger partial charge in [0.1, 0.15) is 0 Å². The molecule has 1 N–H and O–H groups in total. The van der Waals surface area contributed by atoms with E-state index in [9.17, 15) is 0 Å². The van der Waals surface area contributed by atoms with Crippen LogP contribution in [0.25, 0.3) is 0 Å². The lowest BCUT2D eigenvalue weighted by molar-refractivity contribution is 0.462. The predicted octanol–water partition coefficient (Wildman–Crippen LogP) is 4.69. The maximum Gasteiger partial charge on any atom is 0.0479 e. The highest BCUT2D eigenvalue weighted by atomic mass is 127. The second kappa shape index (κ2) is 5.39. The van der Waals surface area contributed by atoms with Crippen molar-refractivity contribution in [3.05, 3.63) is 26.8 Å². The maximum atomic E-state index is 5.93. The zero-order valence-corrected chi connectivity index (χ0v) is 11.5. The second-order valence-electron chi connectivity index (χ2n) is 4.10. The quantitative estimate of drug-likeness (QED) is 0.773. The van der Waals surface area contributed by atoms with Crippen LogP contribution in [-0.2, 0) is 0 Å². The molecule has 82 valence electrons. The Kier molecular flexibility index (Phi) is 4.14. The number of hydrogen-bond donors (Lipinski definition) is 1. The van der Waals surface area contributed by atoms with E-state index in [1.807, 2.05) is 12.1 Å². The van der Waals surface area contributed by atoms with E-state index >= 15 is 0 Å². The van der Waals surface area contributed by atoms with E-state index < -0.39 is 0 Å². The Hall–Kier alpha value is 0.0400. The van der Waals surface area contributed by atoms with Gasteiger partial charge in [-0.2, -0.15) is 0 Å². The molecule has 15 heavy (non-hydrogen) atoms. The summed E-state index contributed by atoms with van der Waals surface area (Å²) in [6, 6.07) is 6.70. The van der Waals surface area contributed by atoms with Crippen molar-refractivity contribution in [2.75, 3.05) is 5.32 Å². The standard InChI is InChI=1S/C12H15ClIN/c13-9-6-7-12(11(14)8-9)15-10-4-2-1-3-5-10/h6-8,10,15H,1-5H2. The zero-order chi connectivity index (χ0) is 10.7. The Morgan fingerprint density at radius 1 is 1.20 bits per heavy atom. The highest BCUT2D eigenvalue weighted by molar-refractivity contribution is 14.1. The monoisotopic (exact) mass is 335 g/mol. The molecule has 0 saturated heterocycles. The summed E-state index contributed by atoms with van der Waals surface area (Å²) in [5, 5.41) is 4.42. The van der Waals surface area contributed by atoms with Crippen LogP contribution in [0.4, 0.5) is 5.69 Å². The van der Waals surface area contributed by atoms with E-state index in [1.54, 1.807) is 0 Å². The van der Waals surface area contributed by atoms with Gasteiger partial charge in [-0.25, -0.2) is 0 Å². The second-order valence-corrected chi connectivity index (χ2v) is 5.70. The van der Waals surface area contributed by atoms with Crippen LogP contribution in [0.1, 0.15) is 32.1 Å². The van der Waals surface area contributed by atoms with Gasteiger partial charge < -0.3 is 5.32 Å². The van der Waals surface area contributed by atoms with Crippen LogP contribution < -0.4 is 5.32 Å². The summed E-state index contributed by atoms with van der Waals surface area (Å²) in [5.74, 6) is 0. The van der Waals surface area contributed by atoms with Crippen molar-refractivity contribution in [1.82, 2.24) is 0 Å². The third-order valence-electron chi connectivity index (χ3n) is 2.90. The Labute approximate surface area is 110 Å². The van der Waals surface area contributed by atoms with Crippen LogP contribution in [0, 0.1) is 3.57 Å². The minimum absolute atomic E-state index is 0.661. The van der Waals surface area contributed by atoms with Gasteiger partial charge in [-0.1, -0.05) is 30.9 Å². The van der Waals surface area contributed by atoms with Gasteiger partial charge in [0.15, 0.2) is 0 Å². The van der Waals surface area contributed by atoms with Gasteiger partial charge in [0.05, 0.1) is 0 Å². The number of halogens is 2. The average molecular weight is 336 g/mol. The third-order valence-corrected chi connectivity index (χ3v) is 4.02. The molecule has 0 aromatic heterocycles. The average Bonchev–Trinajstić information content (AvgIpc) is 2.24. The van der Waals surface area contributed by atoms with Crippen LogP contribution in [0.2, 0.25) is 5.02 Å². The first-order chi connectivity index (χ1) is 7.25. The zero-order valence-electron chi connectivity index (χ0n) is 8.60. The van der Waals surface area contributed by atoms with Crippen LogP contribution >= 0.6 is 34.2 Å². The number of nitrogens with one attached hydrogen (secondary N) is 1. The molecular formula is C12H15ClIN. The van der Waals surface area contributed by atoms with Gasteiger partial charge in [0.25, 0.3) is 0 Å². The van der Waals surface area contributed by atoms with Crippen LogP contribution in [-0.4, -0.2) is 6.04 Å². The lowest BCUT2D eigenvalue weighted by atomic mass is 9.95. The minimum atomic E-state index is 0.661. The molecular weight excluding hydrogens is 320 g/mol. The van der Waals surface area contributed by atoms with E-state index in [0.717, 1.165) is 5.02 Å². The van der Waals surface area contributed by atoms with Crippen molar-refractivity contribution in [3.8, 4) is 0 Å². The molecule has 3 heteroatoms. The Bertz CT molecular complexity index is 334. The summed E-state index contributed by atoms with van der Waals surface area (Å²) >= 11 is 8.26. The largest absolute Gasteiger partial charge is 0.381 e. The SMILES string of the molecule is Clc1ccc(NC2CCCCC2)c(I)c1. The molecule has 1 saturated carbocycles. The molecule has 0 unspecified atom stereocenters. The van der Waals surface area contributed by atoms with Crippen LogP contribution in [0.5, 0.6) is 0 Å². The van der Waals surface area contributed by atoms with Crippen LogP contribution in [0.15, 0.2) is 18.2 Å². The molecule has 1 aliphatic rings. The van der Waals surface area contributed by atoms with E-state index in [2.05, 4.69) is 34.0 Å². The molecule has 0 radical (unpaired) electrons. The number of anilines is 1. The summed E-state index contributed by atoms with van der Waals surface area (Å²) in [5.41, 5.74) is 1.23. The lowest BCUT2D eigenvalue weighted by Gasteiger charge is -2.24. The fraction of sp³-hybridized carbons (Fsp3) is 0.500. The number of hydrogen-bond acceptors (Lipinski definition) is 1. The van der Waals surface area contributed by atoms with Gasteiger partial charge in [0.2, 0.25) is 0 Å². The molecule has 2 rings (SSSR count). The molecule has 0 bridgehead atoms. The van der Waals surface area contributed by atoms with Crippen molar-refractivity contribution in [3.63, 3.8) is 0 Å². The topological polar surface area (TPSA) is 12.0 Å². The fourth-order valence-corrected chi connectivity index (χ4v) is 3.10. The lowest BCUT2D eigenvalue weighted by Crippen LogP contribution is -2.22. The third kappa shape index (κ3) is 3.25. The molecule has 0 heterocycles. The molecule has 0 atom stereocenters. The van der Waals surface area contributed by atoms with E-state index in [1.165, 1.54) is 41.4 Å². The molecule has 0 aliphatic heterocycles. The minimum Gasteiger partial charge on any atom is -0.381 e. The summed E-state index contributed by atoms with van der Waals surface area (Å²) in [4.78, 5) is 0. The Morgan fingerprint density at radius 2 is 1.93 bits per heavy atom. The molecule has 0 spiro atoms. The van der Waals surface area contributed by atoms with Gasteiger partial charge in [0, 0.05) is 20.3 Å². The highest BCUT2D eigenvalue weighted by Gasteiger charge is 2.13. The predicted molar refractivity (Wildman–Crippen MR) is 74.7 cm³/mol. The van der Waals surface area contributed by atoms with E-state index in [-0.39, 0.29) is 0 Å². The van der Waals surface area contributed by atoms with Crippen molar-refractivity contribution < 1.29 is 0 Å². The summed E-state index contributed by atoms with van der Waals surface area (Å²) in [6.45, 7) is 0. The molecule has 1 fully saturated rings. The van der Waals surface area contributed by atoms with Crippen LogP contribution in [0.3, 0.4) is 0 Å². The van der Waals surface area contributed by atoms with Crippen molar-refractivity contribution in [2.24, 2.45) is 0 Å². The van der Waals surface area contributed by atoms with Crippen molar-refractivity contribution >= 4 is 39.9 Å². The van der Waals surface area contributed by atoms with Gasteiger partial charge >= 0.3 is 0 Å². The van der Waals surface area contributed by atoms with Gasteiger partial charge in [-0.15, -0.1) is 0 Å². The number of rotatable bonds is 2. The first-order valence-corrected chi connectivity index (χ1v) is 6.93. The first kappa shape index (κ1) is 11.5.